The Balaban J connectivity index is 3.01. The fourth-order valence-corrected chi connectivity index (χ4v) is 1.04. The second-order valence-electron chi connectivity index (χ2n) is 2.77. The molecule has 0 spiro atoms. The van der Waals surface area contributed by atoms with Crippen LogP contribution >= 0.6 is 0 Å². The van der Waals surface area contributed by atoms with E-state index in [9.17, 15) is 9.59 Å². The fraction of sp³-hybridized carbons (Fsp3) is 0.111. The molecule has 0 aromatic heterocycles. The molecule has 1 aromatic carbocycles. The molecule has 0 aliphatic heterocycles. The molecule has 6 nitrogen and oxygen atoms in total. The molecule has 0 aliphatic carbocycles. The molecule has 0 heterocycles. The highest BCUT2D eigenvalue weighted by molar-refractivity contribution is 6.07. The molecular formula is C9H11N3O3. The zero-order chi connectivity index (χ0) is 11.4. The highest BCUT2D eigenvalue weighted by Crippen LogP contribution is 2.19. The maximum atomic E-state index is 11.4. The number of amides is 3. The van der Waals surface area contributed by atoms with Gasteiger partial charge in [-0.3, -0.25) is 10.1 Å². The van der Waals surface area contributed by atoms with E-state index in [2.05, 4.69) is 0 Å². The molecule has 3 amide bonds. The van der Waals surface area contributed by atoms with Gasteiger partial charge < -0.3 is 16.2 Å². The molecule has 0 atom stereocenters. The largest absolute Gasteiger partial charge is 0.497 e. The summed E-state index contributed by atoms with van der Waals surface area (Å²) >= 11 is 0. The smallest absolute Gasteiger partial charge is 0.319 e. The summed E-state index contributed by atoms with van der Waals surface area (Å²) in [6.07, 6.45) is 0. The van der Waals surface area contributed by atoms with Crippen molar-refractivity contribution in [2.24, 2.45) is 5.73 Å². The highest BCUT2D eigenvalue weighted by Gasteiger charge is 2.12. The van der Waals surface area contributed by atoms with Crippen LogP contribution in [-0.2, 0) is 0 Å². The molecule has 0 saturated heterocycles. The lowest BCUT2D eigenvalue weighted by Gasteiger charge is -2.06. The minimum absolute atomic E-state index is 0.146. The summed E-state index contributed by atoms with van der Waals surface area (Å²) in [6.45, 7) is 0. The monoisotopic (exact) mass is 209 g/mol. The normalized spacial score (nSPS) is 9.40. The van der Waals surface area contributed by atoms with E-state index in [4.69, 9.17) is 16.2 Å². The van der Waals surface area contributed by atoms with Gasteiger partial charge in [-0.05, 0) is 18.2 Å². The van der Waals surface area contributed by atoms with Crippen molar-refractivity contribution in [3.63, 3.8) is 0 Å². The lowest BCUT2D eigenvalue weighted by atomic mass is 10.1. The summed E-state index contributed by atoms with van der Waals surface area (Å²) < 4.78 is 4.91. The van der Waals surface area contributed by atoms with Gasteiger partial charge in [-0.1, -0.05) is 0 Å². The van der Waals surface area contributed by atoms with Crippen LogP contribution in [0.3, 0.4) is 0 Å². The number of carbonyl (C=O) groups excluding carboxylic acids is 2. The molecule has 0 saturated carbocycles. The van der Waals surface area contributed by atoms with Gasteiger partial charge in [-0.15, -0.1) is 0 Å². The Morgan fingerprint density at radius 2 is 2.07 bits per heavy atom. The number of carbonyl (C=O) groups is 2. The van der Waals surface area contributed by atoms with Crippen LogP contribution in [0.15, 0.2) is 18.2 Å². The predicted molar refractivity (Wildman–Crippen MR) is 54.5 cm³/mol. The minimum Gasteiger partial charge on any atom is -0.497 e. The van der Waals surface area contributed by atoms with Crippen molar-refractivity contribution in [3.8, 4) is 5.75 Å². The number of benzene rings is 1. The molecule has 0 fully saturated rings. The van der Waals surface area contributed by atoms with E-state index in [0.717, 1.165) is 0 Å². The molecule has 0 bridgehead atoms. The number of hydrogen-bond donors (Lipinski definition) is 3. The van der Waals surface area contributed by atoms with Crippen molar-refractivity contribution >= 4 is 17.6 Å². The Hall–Kier alpha value is -2.24. The number of imide groups is 1. The second kappa shape index (κ2) is 4.32. The van der Waals surface area contributed by atoms with Crippen LogP contribution in [0, 0.1) is 0 Å². The number of ether oxygens (including phenoxy) is 1. The molecule has 6 heteroatoms. The number of rotatable bonds is 2. The van der Waals surface area contributed by atoms with Gasteiger partial charge in [-0.25, -0.2) is 4.79 Å². The third-order valence-corrected chi connectivity index (χ3v) is 1.74. The van der Waals surface area contributed by atoms with Crippen molar-refractivity contribution in [1.82, 2.24) is 5.32 Å². The van der Waals surface area contributed by atoms with Crippen molar-refractivity contribution in [1.29, 1.82) is 0 Å². The Bertz CT molecular complexity index is 404. The van der Waals surface area contributed by atoms with Crippen molar-refractivity contribution in [2.45, 2.75) is 0 Å². The minimum atomic E-state index is -0.929. The average Bonchev–Trinajstić information content (AvgIpc) is 2.17. The molecular weight excluding hydrogens is 198 g/mol. The Morgan fingerprint density at radius 3 is 2.60 bits per heavy atom. The third kappa shape index (κ3) is 2.60. The van der Waals surface area contributed by atoms with Crippen molar-refractivity contribution < 1.29 is 14.3 Å². The van der Waals surface area contributed by atoms with Crippen LogP contribution in [0.5, 0.6) is 5.75 Å². The van der Waals surface area contributed by atoms with Gasteiger partial charge in [0.25, 0.3) is 5.91 Å². The maximum absolute atomic E-state index is 11.4. The number of nitrogen functional groups attached to an aromatic ring is 1. The van der Waals surface area contributed by atoms with E-state index in [-0.39, 0.29) is 11.3 Å². The van der Waals surface area contributed by atoms with Crippen LogP contribution in [0.1, 0.15) is 10.4 Å². The summed E-state index contributed by atoms with van der Waals surface area (Å²) in [5.41, 5.74) is 10.8. The summed E-state index contributed by atoms with van der Waals surface area (Å²) in [7, 11) is 1.46. The Labute approximate surface area is 86.2 Å². The van der Waals surface area contributed by atoms with Gasteiger partial charge in [-0.2, -0.15) is 0 Å². The zero-order valence-corrected chi connectivity index (χ0v) is 8.11. The molecule has 0 aliphatic rings. The van der Waals surface area contributed by atoms with Crippen molar-refractivity contribution in [3.05, 3.63) is 23.8 Å². The van der Waals surface area contributed by atoms with Crippen LogP contribution in [0.25, 0.3) is 0 Å². The molecule has 0 unspecified atom stereocenters. The number of nitrogens with two attached hydrogens (primary N) is 2. The topological polar surface area (TPSA) is 107 Å². The molecule has 5 N–H and O–H groups in total. The van der Waals surface area contributed by atoms with E-state index in [0.29, 0.717) is 5.75 Å². The Morgan fingerprint density at radius 1 is 1.40 bits per heavy atom. The first kappa shape index (κ1) is 10.8. The first-order chi connectivity index (χ1) is 7.04. The van der Waals surface area contributed by atoms with Gasteiger partial charge in [0.2, 0.25) is 0 Å². The summed E-state index contributed by atoms with van der Waals surface area (Å²) in [4.78, 5) is 21.9. The summed E-state index contributed by atoms with van der Waals surface area (Å²) in [5, 5.41) is 1.92. The molecule has 1 rings (SSSR count). The molecule has 15 heavy (non-hydrogen) atoms. The standard InChI is InChI=1S/C9H11N3O3/c1-15-5-2-3-7(10)6(4-5)8(13)12-9(11)14/h2-4H,10H2,1H3,(H3,11,12,13,14). The summed E-state index contributed by atoms with van der Waals surface area (Å²) in [5.74, 6) is -0.183. The van der Waals surface area contributed by atoms with E-state index in [1.807, 2.05) is 5.32 Å². The Kier molecular flexibility index (Phi) is 3.12. The van der Waals surface area contributed by atoms with Crippen molar-refractivity contribution in [2.75, 3.05) is 12.8 Å². The molecule has 0 radical (unpaired) electrons. The number of hydrogen-bond acceptors (Lipinski definition) is 4. The predicted octanol–water partition coefficient (Wildman–Crippen LogP) is 0.0859. The van der Waals surface area contributed by atoms with Gasteiger partial charge in [0, 0.05) is 5.69 Å². The molecule has 80 valence electrons. The van der Waals surface area contributed by atoms with Gasteiger partial charge in [0.1, 0.15) is 5.75 Å². The first-order valence-corrected chi connectivity index (χ1v) is 4.09. The number of nitrogens with one attached hydrogen (secondary N) is 1. The first-order valence-electron chi connectivity index (χ1n) is 4.09. The summed E-state index contributed by atoms with van der Waals surface area (Å²) in [6, 6.07) is 3.61. The van der Waals surface area contributed by atoms with E-state index < -0.39 is 11.9 Å². The fourth-order valence-electron chi connectivity index (χ4n) is 1.04. The quantitative estimate of drug-likeness (QED) is 0.599. The lowest BCUT2D eigenvalue weighted by molar-refractivity contribution is 0.0967. The van der Waals surface area contributed by atoms with Crippen LogP contribution in [0.4, 0.5) is 10.5 Å². The van der Waals surface area contributed by atoms with E-state index in [1.54, 1.807) is 6.07 Å². The van der Waals surface area contributed by atoms with E-state index >= 15 is 0 Å². The molecule has 1 aromatic rings. The highest BCUT2D eigenvalue weighted by atomic mass is 16.5. The lowest BCUT2D eigenvalue weighted by Crippen LogP contribution is -2.35. The van der Waals surface area contributed by atoms with Crippen LogP contribution in [0.2, 0.25) is 0 Å². The second-order valence-corrected chi connectivity index (χ2v) is 2.77. The van der Waals surface area contributed by atoms with E-state index in [1.165, 1.54) is 19.2 Å². The zero-order valence-electron chi connectivity index (χ0n) is 8.11. The van der Waals surface area contributed by atoms with Crippen LogP contribution < -0.4 is 21.5 Å². The number of urea groups is 1. The number of primary amides is 1. The van der Waals surface area contributed by atoms with Crippen LogP contribution in [-0.4, -0.2) is 19.0 Å². The third-order valence-electron chi connectivity index (χ3n) is 1.74. The number of anilines is 1. The number of methoxy groups -OCH3 is 1. The SMILES string of the molecule is COc1ccc(N)c(C(=O)NC(N)=O)c1. The van der Waals surface area contributed by atoms with Gasteiger partial charge in [0.05, 0.1) is 12.7 Å². The average molecular weight is 209 g/mol. The van der Waals surface area contributed by atoms with Gasteiger partial charge in [0.15, 0.2) is 0 Å². The van der Waals surface area contributed by atoms with Gasteiger partial charge >= 0.3 is 6.03 Å². The maximum Gasteiger partial charge on any atom is 0.319 e.